The molecule has 10 atom stereocenters. The quantitative estimate of drug-likeness (QED) is 0.0858. The lowest BCUT2D eigenvalue weighted by atomic mass is 9.56. The molecule has 4 aliphatic carbocycles. The van der Waals surface area contributed by atoms with Gasteiger partial charge in [-0.3, -0.25) is 0 Å². The van der Waals surface area contributed by atoms with Crippen LogP contribution in [0.4, 0.5) is 0 Å². The Balaban J connectivity index is 0.954. The highest BCUT2D eigenvalue weighted by Gasteiger charge is 2.46. The predicted molar refractivity (Wildman–Crippen MR) is 218 cm³/mol. The predicted octanol–water partition coefficient (Wildman–Crippen LogP) is 12.1. The van der Waals surface area contributed by atoms with E-state index in [1.54, 1.807) is 0 Å². The second kappa shape index (κ2) is 15.1. The zero-order valence-electron chi connectivity index (χ0n) is 31.8. The van der Waals surface area contributed by atoms with E-state index < -0.39 is 0 Å². The number of hydrogen-bond acceptors (Lipinski definition) is 0. The Morgan fingerprint density at radius 3 is 0.611 bits per heavy atom. The summed E-state index contributed by atoms with van der Waals surface area (Å²) in [5.74, 6) is 8.11. The van der Waals surface area contributed by atoms with Gasteiger partial charge in [0, 0.05) is 71.3 Å². The van der Waals surface area contributed by atoms with Crippen LogP contribution in [0.2, 0.25) is 0 Å². The summed E-state index contributed by atoms with van der Waals surface area (Å²) in [6.07, 6.45) is 28.7. The Morgan fingerprint density at radius 1 is 0.241 bits per heavy atom. The van der Waals surface area contributed by atoms with E-state index in [4.69, 9.17) is 0 Å². The van der Waals surface area contributed by atoms with Gasteiger partial charge in [-0.25, -0.2) is 0 Å². The van der Waals surface area contributed by atoms with Gasteiger partial charge in [-0.1, -0.05) is 0 Å². The molecule has 10 rings (SSSR count). The minimum Gasteiger partial charge on any atom is -0.365 e. The molecule has 0 radical (unpaired) electrons. The van der Waals surface area contributed by atoms with Crippen LogP contribution in [0.1, 0.15) is 147 Å². The van der Waals surface area contributed by atoms with Crippen LogP contribution in [0.3, 0.4) is 0 Å². The number of rotatable bonds is 9. The molecule has 6 heteroatoms. The summed E-state index contributed by atoms with van der Waals surface area (Å²) in [5.41, 5.74) is 8.72. The monoisotopic (exact) mass is 720 g/mol. The van der Waals surface area contributed by atoms with Crippen LogP contribution < -0.4 is 0 Å². The molecule has 4 saturated carbocycles. The largest absolute Gasteiger partial charge is 0.365 e. The van der Waals surface area contributed by atoms with E-state index in [-0.39, 0.29) is 0 Å². The maximum Gasteiger partial charge on any atom is 0.0178 e. The van der Waals surface area contributed by atoms with E-state index in [1.165, 1.54) is 111 Å². The molecule has 0 bridgehead atoms. The lowest BCUT2D eigenvalue weighted by molar-refractivity contribution is 0.0520. The Hall–Kier alpha value is -4.32. The van der Waals surface area contributed by atoms with E-state index in [1.807, 2.05) is 0 Å². The van der Waals surface area contributed by atoms with Crippen LogP contribution in [-0.2, 0) is 0 Å². The number of H-pyrrole nitrogens is 6. The van der Waals surface area contributed by atoms with E-state index >= 15 is 0 Å². The number of aromatic nitrogens is 6. The van der Waals surface area contributed by atoms with Gasteiger partial charge >= 0.3 is 0 Å². The summed E-state index contributed by atoms with van der Waals surface area (Å²) in [6.45, 7) is 0. The third-order valence-corrected chi connectivity index (χ3v) is 15.4. The van der Waals surface area contributed by atoms with Crippen LogP contribution in [-0.4, -0.2) is 29.9 Å². The van der Waals surface area contributed by atoms with Gasteiger partial charge in [0.2, 0.25) is 0 Å². The van der Waals surface area contributed by atoms with Crippen molar-refractivity contribution in [3.63, 3.8) is 0 Å². The molecule has 6 heterocycles. The fraction of sp³-hybridized carbons (Fsp3) is 0.500. The van der Waals surface area contributed by atoms with Crippen LogP contribution in [0.15, 0.2) is 110 Å². The fourth-order valence-electron chi connectivity index (χ4n) is 13.0. The smallest absolute Gasteiger partial charge is 0.0178 e. The van der Waals surface area contributed by atoms with Gasteiger partial charge < -0.3 is 29.9 Å². The van der Waals surface area contributed by atoms with Crippen molar-refractivity contribution < 1.29 is 0 Å². The van der Waals surface area contributed by atoms with Crippen LogP contribution in [0.25, 0.3) is 0 Å². The summed E-state index contributed by atoms with van der Waals surface area (Å²) in [6, 6.07) is 27.4. The maximum absolute atomic E-state index is 3.72. The third-order valence-electron chi connectivity index (χ3n) is 15.4. The first kappa shape index (κ1) is 34.2. The standard InChI is InChI=1S/C48H60N6/c1-7-43(49-13-1)37-21-31(19-33(23-37)35-25-39(45-9-3-15-51-45)29-40(26-35)46-10-4-16-52-46)32-20-34(24-38(22-32)44-8-2-14-50-44)36-27-41(47-11-5-17-53-47)30-42(28-36)48-12-6-18-54-48/h1-18,31-42,49-54H,19-30H2. The van der Waals surface area contributed by atoms with Crippen molar-refractivity contribution in [3.8, 4) is 0 Å². The Labute approximate surface area is 321 Å². The molecule has 6 N–H and O–H groups in total. The van der Waals surface area contributed by atoms with Crippen LogP contribution >= 0.6 is 0 Å². The van der Waals surface area contributed by atoms with E-state index in [0.29, 0.717) is 35.5 Å². The summed E-state index contributed by atoms with van der Waals surface area (Å²) in [7, 11) is 0. The molecule has 0 spiro atoms. The summed E-state index contributed by atoms with van der Waals surface area (Å²) in [5, 5.41) is 0. The molecule has 282 valence electrons. The molecule has 4 aliphatic rings. The van der Waals surface area contributed by atoms with Crippen LogP contribution in [0, 0.1) is 35.5 Å². The van der Waals surface area contributed by atoms with Gasteiger partial charge in [-0.2, -0.15) is 0 Å². The molecule has 0 amide bonds. The highest BCUT2D eigenvalue weighted by Crippen LogP contribution is 2.57. The molecular weight excluding hydrogens is 661 g/mol. The summed E-state index contributed by atoms with van der Waals surface area (Å²) >= 11 is 0. The first-order chi connectivity index (χ1) is 26.7. The SMILES string of the molecule is c1c[nH]c(C2CC(c3ccc[nH]3)CC(C3CC(c4ccc[nH]4)CC(C4CC(c5ccc[nH]5)CC(C5CC(c6ccc[nH]6)CC(c6ccc[nH]6)C5)C4)C3)C2)c1. The average Bonchev–Trinajstić information content (AvgIpc) is 4.09. The second-order valence-corrected chi connectivity index (χ2v) is 18.3. The maximum atomic E-state index is 3.72. The number of nitrogens with one attached hydrogen (secondary N) is 6. The first-order valence-electron chi connectivity index (χ1n) is 21.5. The second-order valence-electron chi connectivity index (χ2n) is 18.3. The first-order valence-corrected chi connectivity index (χ1v) is 21.5. The molecule has 0 saturated heterocycles. The van der Waals surface area contributed by atoms with Crippen molar-refractivity contribution in [2.24, 2.45) is 35.5 Å². The van der Waals surface area contributed by atoms with E-state index in [2.05, 4.69) is 140 Å². The Bertz CT molecular complexity index is 1720. The highest BCUT2D eigenvalue weighted by molar-refractivity contribution is 5.21. The Kier molecular flexibility index (Phi) is 9.54. The zero-order valence-corrected chi connectivity index (χ0v) is 31.8. The highest BCUT2D eigenvalue weighted by atomic mass is 14.7. The van der Waals surface area contributed by atoms with Gasteiger partial charge in [-0.15, -0.1) is 0 Å². The topological polar surface area (TPSA) is 94.7 Å². The van der Waals surface area contributed by atoms with Crippen molar-refractivity contribution in [3.05, 3.63) is 144 Å². The lowest BCUT2D eigenvalue weighted by Gasteiger charge is -2.49. The van der Waals surface area contributed by atoms with Crippen molar-refractivity contribution in [2.75, 3.05) is 0 Å². The number of aromatic amines is 6. The average molecular weight is 721 g/mol. The molecule has 6 aromatic rings. The van der Waals surface area contributed by atoms with Gasteiger partial charge in [0.15, 0.2) is 0 Å². The summed E-state index contributed by atoms with van der Waals surface area (Å²) in [4.78, 5) is 22.0. The van der Waals surface area contributed by atoms with Crippen molar-refractivity contribution in [2.45, 2.75) is 113 Å². The van der Waals surface area contributed by atoms with Gasteiger partial charge in [0.25, 0.3) is 0 Å². The molecular formula is C48H60N6. The molecule has 10 unspecified atom stereocenters. The van der Waals surface area contributed by atoms with Crippen molar-refractivity contribution in [1.29, 1.82) is 0 Å². The van der Waals surface area contributed by atoms with Gasteiger partial charge in [0.05, 0.1) is 0 Å². The van der Waals surface area contributed by atoms with Crippen molar-refractivity contribution >= 4 is 0 Å². The molecule has 6 nitrogen and oxygen atoms in total. The Morgan fingerprint density at radius 2 is 0.426 bits per heavy atom. The van der Waals surface area contributed by atoms with Gasteiger partial charge in [0.1, 0.15) is 0 Å². The van der Waals surface area contributed by atoms with E-state index in [0.717, 1.165) is 35.5 Å². The minimum atomic E-state index is 0.597. The zero-order chi connectivity index (χ0) is 35.8. The molecule has 0 aliphatic heterocycles. The molecule has 6 aromatic heterocycles. The lowest BCUT2D eigenvalue weighted by Crippen LogP contribution is -2.38. The molecule has 54 heavy (non-hydrogen) atoms. The molecule has 0 aromatic carbocycles. The van der Waals surface area contributed by atoms with Crippen LogP contribution in [0.5, 0.6) is 0 Å². The third kappa shape index (κ3) is 7.02. The molecule has 4 fully saturated rings. The minimum absolute atomic E-state index is 0.597. The van der Waals surface area contributed by atoms with Crippen molar-refractivity contribution in [1.82, 2.24) is 29.9 Å². The summed E-state index contributed by atoms with van der Waals surface area (Å²) < 4.78 is 0. The fourth-order valence-corrected chi connectivity index (χ4v) is 13.0. The normalized spacial score (nSPS) is 34.9. The number of hydrogen-bond donors (Lipinski definition) is 6. The van der Waals surface area contributed by atoms with Gasteiger partial charge in [-0.05, 0) is 221 Å². The van der Waals surface area contributed by atoms with E-state index in [9.17, 15) is 0 Å².